The van der Waals surface area contributed by atoms with Crippen molar-refractivity contribution in [3.63, 3.8) is 0 Å². The Bertz CT molecular complexity index is 212. The molecule has 0 bridgehead atoms. The number of hydrogen-bond donors (Lipinski definition) is 2. The third-order valence-corrected chi connectivity index (χ3v) is 2.06. The average Bonchev–Trinajstić information content (AvgIpc) is 2.18. The van der Waals surface area contributed by atoms with Crippen LogP contribution in [-0.4, -0.2) is 39.3 Å². The molecule has 1 heterocycles. The van der Waals surface area contributed by atoms with Gasteiger partial charge in [0.05, 0.1) is 5.75 Å². The molecular formula is C5H6N2O3S. The van der Waals surface area contributed by atoms with Crippen LogP contribution < -0.4 is 0 Å². The van der Waals surface area contributed by atoms with Gasteiger partial charge in [0.2, 0.25) is 5.91 Å². The highest BCUT2D eigenvalue weighted by Gasteiger charge is 2.28. The zero-order valence-electron chi connectivity index (χ0n) is 5.53. The Balaban J connectivity index is 2.62. The lowest BCUT2D eigenvalue weighted by molar-refractivity contribution is -0.140. The van der Waals surface area contributed by atoms with Gasteiger partial charge in [-0.15, -0.1) is 0 Å². The van der Waals surface area contributed by atoms with Gasteiger partial charge in [-0.25, -0.2) is 0 Å². The molecule has 60 valence electrons. The van der Waals surface area contributed by atoms with Crippen molar-refractivity contribution in [2.45, 2.75) is 0 Å². The van der Waals surface area contributed by atoms with Crippen molar-refractivity contribution in [3.8, 4) is 0 Å². The second kappa shape index (κ2) is 2.91. The lowest BCUT2D eigenvalue weighted by Gasteiger charge is -2.10. The number of amides is 1. The molecule has 0 aromatic heterocycles. The molecular weight excluding hydrogens is 168 g/mol. The van der Waals surface area contributed by atoms with Gasteiger partial charge >= 0.3 is 5.97 Å². The zero-order valence-corrected chi connectivity index (χ0v) is 6.35. The van der Waals surface area contributed by atoms with Crippen LogP contribution in [0.4, 0.5) is 0 Å². The van der Waals surface area contributed by atoms with Crippen LogP contribution in [0, 0.1) is 5.41 Å². The Morgan fingerprint density at radius 3 is 2.82 bits per heavy atom. The largest absolute Gasteiger partial charge is 0.480 e. The molecule has 0 atom stereocenters. The van der Waals surface area contributed by atoms with Crippen LogP contribution in [0.1, 0.15) is 0 Å². The summed E-state index contributed by atoms with van der Waals surface area (Å²) in [5.74, 6) is -1.21. The van der Waals surface area contributed by atoms with E-state index < -0.39 is 12.5 Å². The molecule has 2 N–H and O–H groups in total. The van der Waals surface area contributed by atoms with Crippen LogP contribution in [-0.2, 0) is 9.59 Å². The SMILES string of the molecule is N=C1SCC(=O)N1CC(=O)O. The van der Waals surface area contributed by atoms with Crippen molar-refractivity contribution in [1.82, 2.24) is 4.90 Å². The summed E-state index contributed by atoms with van der Waals surface area (Å²) >= 11 is 1.05. The fourth-order valence-corrected chi connectivity index (χ4v) is 1.43. The van der Waals surface area contributed by atoms with E-state index in [9.17, 15) is 9.59 Å². The Kier molecular flexibility index (Phi) is 2.13. The first-order chi connectivity index (χ1) is 5.11. The standard InChI is InChI=1S/C5H6N2O3S/c6-5-7(1-4(9)10)3(8)2-11-5/h6H,1-2H2,(H,9,10). The molecule has 0 aromatic carbocycles. The average molecular weight is 174 g/mol. The van der Waals surface area contributed by atoms with E-state index in [4.69, 9.17) is 10.5 Å². The van der Waals surface area contributed by atoms with E-state index in [0.29, 0.717) is 0 Å². The van der Waals surface area contributed by atoms with Crippen molar-refractivity contribution < 1.29 is 14.7 Å². The number of amidine groups is 1. The summed E-state index contributed by atoms with van der Waals surface area (Å²) in [5, 5.41) is 15.5. The number of hydrogen-bond acceptors (Lipinski definition) is 4. The van der Waals surface area contributed by atoms with Crippen LogP contribution in [0.15, 0.2) is 0 Å². The van der Waals surface area contributed by atoms with Crippen molar-refractivity contribution in [3.05, 3.63) is 0 Å². The Hall–Kier alpha value is -1.04. The number of rotatable bonds is 2. The zero-order chi connectivity index (χ0) is 8.43. The third-order valence-electron chi connectivity index (χ3n) is 1.17. The molecule has 1 aliphatic rings. The second-order valence-corrected chi connectivity index (χ2v) is 2.93. The summed E-state index contributed by atoms with van der Waals surface area (Å²) in [4.78, 5) is 21.9. The topological polar surface area (TPSA) is 81.5 Å². The lowest BCUT2D eigenvalue weighted by atomic mass is 10.5. The van der Waals surface area contributed by atoms with E-state index >= 15 is 0 Å². The molecule has 0 aliphatic carbocycles. The maximum absolute atomic E-state index is 10.8. The molecule has 5 nitrogen and oxygen atoms in total. The van der Waals surface area contributed by atoms with Gasteiger partial charge in [-0.1, -0.05) is 11.8 Å². The van der Waals surface area contributed by atoms with Crippen LogP contribution >= 0.6 is 11.8 Å². The molecule has 1 saturated heterocycles. The molecule has 11 heavy (non-hydrogen) atoms. The van der Waals surface area contributed by atoms with Crippen molar-refractivity contribution in [2.24, 2.45) is 0 Å². The van der Waals surface area contributed by atoms with Crippen LogP contribution in [0.5, 0.6) is 0 Å². The molecule has 0 spiro atoms. The van der Waals surface area contributed by atoms with Crippen LogP contribution in [0.3, 0.4) is 0 Å². The molecule has 6 heteroatoms. The fraction of sp³-hybridized carbons (Fsp3) is 0.400. The predicted octanol–water partition coefficient (Wildman–Crippen LogP) is -0.419. The quantitative estimate of drug-likeness (QED) is 0.595. The molecule has 1 fully saturated rings. The summed E-state index contributed by atoms with van der Waals surface area (Å²) in [7, 11) is 0. The van der Waals surface area contributed by atoms with Crippen molar-refractivity contribution >= 4 is 28.8 Å². The number of carboxylic acid groups (broad SMARTS) is 1. The van der Waals surface area contributed by atoms with Gasteiger partial charge in [0.1, 0.15) is 6.54 Å². The van der Waals surface area contributed by atoms with Gasteiger partial charge in [0, 0.05) is 0 Å². The van der Waals surface area contributed by atoms with Gasteiger partial charge in [0.25, 0.3) is 0 Å². The van der Waals surface area contributed by atoms with E-state index in [1.165, 1.54) is 0 Å². The lowest BCUT2D eigenvalue weighted by Crippen LogP contribution is -2.34. The van der Waals surface area contributed by atoms with E-state index in [-0.39, 0.29) is 16.8 Å². The molecule has 1 amide bonds. The number of carbonyl (C=O) groups excluding carboxylic acids is 1. The third kappa shape index (κ3) is 1.70. The highest BCUT2D eigenvalue weighted by atomic mass is 32.2. The maximum Gasteiger partial charge on any atom is 0.323 e. The first kappa shape index (κ1) is 8.06. The smallest absolute Gasteiger partial charge is 0.323 e. The first-order valence-corrected chi connectivity index (χ1v) is 3.83. The van der Waals surface area contributed by atoms with E-state index in [0.717, 1.165) is 16.7 Å². The number of nitrogens with zero attached hydrogens (tertiary/aromatic N) is 1. The van der Waals surface area contributed by atoms with Gasteiger partial charge in [-0.3, -0.25) is 19.9 Å². The molecule has 0 radical (unpaired) electrons. The maximum atomic E-state index is 10.8. The monoisotopic (exact) mass is 174 g/mol. The Labute approximate surface area is 66.9 Å². The van der Waals surface area contributed by atoms with Gasteiger partial charge in [0.15, 0.2) is 5.17 Å². The van der Waals surface area contributed by atoms with Crippen LogP contribution in [0.2, 0.25) is 0 Å². The minimum atomic E-state index is -1.09. The normalized spacial score (nSPS) is 17.6. The summed E-state index contributed by atoms with van der Waals surface area (Å²) < 4.78 is 0. The van der Waals surface area contributed by atoms with Crippen molar-refractivity contribution in [1.29, 1.82) is 5.41 Å². The first-order valence-electron chi connectivity index (χ1n) is 2.85. The minimum Gasteiger partial charge on any atom is -0.480 e. The van der Waals surface area contributed by atoms with Gasteiger partial charge in [-0.2, -0.15) is 0 Å². The highest BCUT2D eigenvalue weighted by molar-refractivity contribution is 8.14. The summed E-state index contributed by atoms with van der Waals surface area (Å²) in [5.41, 5.74) is 0. The van der Waals surface area contributed by atoms with E-state index in [1.807, 2.05) is 0 Å². The highest BCUT2D eigenvalue weighted by Crippen LogP contribution is 2.16. The summed E-state index contributed by atoms with van der Waals surface area (Å²) in [6.45, 7) is -0.398. The van der Waals surface area contributed by atoms with Gasteiger partial charge in [-0.05, 0) is 0 Å². The summed E-state index contributed by atoms with van der Waals surface area (Å²) in [6.07, 6.45) is 0. The number of thioether (sulfide) groups is 1. The minimum absolute atomic E-state index is 0.0254. The molecule has 0 aromatic rings. The number of carboxylic acids is 1. The second-order valence-electron chi connectivity index (χ2n) is 1.97. The van der Waals surface area contributed by atoms with Crippen LogP contribution in [0.25, 0.3) is 0 Å². The number of carbonyl (C=O) groups is 2. The molecule has 1 aliphatic heterocycles. The molecule has 0 unspecified atom stereocenters. The summed E-state index contributed by atoms with van der Waals surface area (Å²) in [6, 6.07) is 0. The van der Waals surface area contributed by atoms with Crippen molar-refractivity contribution in [2.75, 3.05) is 12.3 Å². The molecule has 0 saturated carbocycles. The number of nitrogens with one attached hydrogen (secondary N) is 1. The van der Waals surface area contributed by atoms with Gasteiger partial charge < -0.3 is 5.11 Å². The predicted molar refractivity (Wildman–Crippen MR) is 39.5 cm³/mol. The van der Waals surface area contributed by atoms with E-state index in [1.54, 1.807) is 0 Å². The number of aliphatic carboxylic acids is 1. The van der Waals surface area contributed by atoms with E-state index in [2.05, 4.69) is 0 Å². The fourth-order valence-electron chi connectivity index (χ4n) is 0.694. The Morgan fingerprint density at radius 2 is 2.45 bits per heavy atom. The Morgan fingerprint density at radius 1 is 1.82 bits per heavy atom. The molecule has 1 rings (SSSR count).